The lowest BCUT2D eigenvalue weighted by molar-refractivity contribution is 0.0953. The minimum atomic E-state index is -0.342. The molecule has 1 aliphatic rings. The van der Waals surface area contributed by atoms with Crippen LogP contribution in [0.2, 0.25) is 0 Å². The summed E-state index contributed by atoms with van der Waals surface area (Å²) in [6.45, 7) is 7.11. The summed E-state index contributed by atoms with van der Waals surface area (Å²) in [6, 6.07) is 12.5. The van der Waals surface area contributed by atoms with Gasteiger partial charge < -0.3 is 19.9 Å². The highest BCUT2D eigenvalue weighted by atomic mass is 19.1. The van der Waals surface area contributed by atoms with E-state index in [1.165, 1.54) is 6.07 Å². The van der Waals surface area contributed by atoms with Gasteiger partial charge in [0, 0.05) is 38.3 Å². The van der Waals surface area contributed by atoms with E-state index in [0.29, 0.717) is 24.2 Å². The van der Waals surface area contributed by atoms with Gasteiger partial charge in [-0.1, -0.05) is 19.1 Å². The van der Waals surface area contributed by atoms with Gasteiger partial charge in [-0.15, -0.1) is 0 Å². The van der Waals surface area contributed by atoms with Crippen molar-refractivity contribution in [1.82, 2.24) is 10.2 Å². The van der Waals surface area contributed by atoms with Gasteiger partial charge in [0.2, 0.25) is 0 Å². The molecule has 6 heteroatoms. The Morgan fingerprint density at radius 1 is 1.14 bits per heavy atom. The van der Waals surface area contributed by atoms with Crippen molar-refractivity contribution in [2.24, 2.45) is 0 Å². The molecule has 0 aliphatic carbocycles. The van der Waals surface area contributed by atoms with Crippen LogP contribution >= 0.6 is 0 Å². The maximum Gasteiger partial charge on any atom is 0.251 e. The Hall–Kier alpha value is -2.60. The van der Waals surface area contributed by atoms with E-state index in [4.69, 9.17) is 4.74 Å². The zero-order valence-corrected chi connectivity index (χ0v) is 16.6. The van der Waals surface area contributed by atoms with Crippen molar-refractivity contribution in [2.45, 2.75) is 13.3 Å². The Morgan fingerprint density at radius 2 is 1.93 bits per heavy atom. The van der Waals surface area contributed by atoms with Gasteiger partial charge in [-0.25, -0.2) is 4.39 Å². The molecule has 2 aromatic rings. The summed E-state index contributed by atoms with van der Waals surface area (Å²) in [4.78, 5) is 16.8. The van der Waals surface area contributed by atoms with Gasteiger partial charge in [-0.3, -0.25) is 4.79 Å². The van der Waals surface area contributed by atoms with Crippen molar-refractivity contribution >= 4 is 11.6 Å². The van der Waals surface area contributed by atoms with Gasteiger partial charge in [0.05, 0.1) is 12.8 Å². The highest BCUT2D eigenvalue weighted by Gasteiger charge is 2.19. The Kier molecular flexibility index (Phi) is 6.87. The summed E-state index contributed by atoms with van der Waals surface area (Å²) in [5.74, 6) is 0.191. The molecule has 1 fully saturated rings. The number of halogens is 1. The van der Waals surface area contributed by atoms with Crippen LogP contribution in [-0.4, -0.2) is 57.2 Å². The number of amides is 1. The van der Waals surface area contributed by atoms with Crippen LogP contribution in [-0.2, 0) is 6.42 Å². The van der Waals surface area contributed by atoms with Crippen LogP contribution in [0.3, 0.4) is 0 Å². The lowest BCUT2D eigenvalue weighted by Crippen LogP contribution is -2.46. The molecule has 1 aliphatic heterocycles. The predicted molar refractivity (Wildman–Crippen MR) is 110 cm³/mol. The smallest absolute Gasteiger partial charge is 0.251 e. The quantitative estimate of drug-likeness (QED) is 0.796. The van der Waals surface area contributed by atoms with E-state index in [9.17, 15) is 9.18 Å². The molecule has 1 saturated heterocycles. The summed E-state index contributed by atoms with van der Waals surface area (Å²) in [7, 11) is 1.63. The molecule has 0 radical (unpaired) electrons. The minimum absolute atomic E-state index is 0.260. The first-order valence-electron chi connectivity index (χ1n) is 9.78. The fourth-order valence-corrected chi connectivity index (χ4v) is 3.46. The number of ether oxygens (including phenoxy) is 1. The maximum absolute atomic E-state index is 14.6. The second kappa shape index (κ2) is 9.55. The van der Waals surface area contributed by atoms with Crippen LogP contribution in [0.1, 0.15) is 22.8 Å². The molecule has 150 valence electrons. The molecule has 2 aromatic carbocycles. The van der Waals surface area contributed by atoms with E-state index in [1.54, 1.807) is 19.2 Å². The number of hydrogen-bond acceptors (Lipinski definition) is 4. The number of piperazine rings is 1. The third-order valence-electron chi connectivity index (χ3n) is 5.20. The molecule has 1 N–H and O–H groups in total. The van der Waals surface area contributed by atoms with Crippen LogP contribution in [0, 0.1) is 5.82 Å². The third kappa shape index (κ3) is 5.01. The van der Waals surface area contributed by atoms with Crippen LogP contribution in [0.5, 0.6) is 5.75 Å². The number of rotatable bonds is 7. The van der Waals surface area contributed by atoms with E-state index >= 15 is 0 Å². The van der Waals surface area contributed by atoms with Gasteiger partial charge in [-0.05, 0) is 48.9 Å². The largest absolute Gasteiger partial charge is 0.497 e. The van der Waals surface area contributed by atoms with Crippen LogP contribution in [0.4, 0.5) is 10.1 Å². The monoisotopic (exact) mass is 385 g/mol. The first-order valence-corrected chi connectivity index (χ1v) is 9.78. The molecule has 3 rings (SSSR count). The minimum Gasteiger partial charge on any atom is -0.497 e. The average Bonchev–Trinajstić information content (AvgIpc) is 2.74. The van der Waals surface area contributed by atoms with Gasteiger partial charge in [0.15, 0.2) is 0 Å². The summed E-state index contributed by atoms with van der Waals surface area (Å²) in [5, 5.41) is 2.86. The first kappa shape index (κ1) is 20.1. The lowest BCUT2D eigenvalue weighted by Gasteiger charge is -2.35. The summed E-state index contributed by atoms with van der Waals surface area (Å²) < 4.78 is 19.8. The van der Waals surface area contributed by atoms with Gasteiger partial charge >= 0.3 is 0 Å². The molecule has 0 spiro atoms. The van der Waals surface area contributed by atoms with Crippen molar-refractivity contribution in [2.75, 3.05) is 51.3 Å². The number of anilines is 1. The van der Waals surface area contributed by atoms with E-state index in [-0.39, 0.29) is 11.7 Å². The fraction of sp³-hybridized carbons (Fsp3) is 0.409. The molecule has 5 nitrogen and oxygen atoms in total. The normalized spacial score (nSPS) is 14.8. The van der Waals surface area contributed by atoms with E-state index in [2.05, 4.69) is 17.1 Å². The van der Waals surface area contributed by atoms with Crippen molar-refractivity contribution in [3.63, 3.8) is 0 Å². The Bertz CT molecular complexity index is 804. The number of carbonyl (C=O) groups is 1. The zero-order valence-electron chi connectivity index (χ0n) is 16.6. The van der Waals surface area contributed by atoms with E-state index < -0.39 is 0 Å². The first-order chi connectivity index (χ1) is 13.6. The molecule has 1 heterocycles. The molecule has 0 aromatic heterocycles. The number of methoxy groups -OCH3 is 1. The molecule has 0 saturated carbocycles. The fourth-order valence-electron chi connectivity index (χ4n) is 3.46. The number of likely N-dealkylation sites (N-methyl/N-ethyl adjacent to an activating group) is 1. The molecule has 28 heavy (non-hydrogen) atoms. The average molecular weight is 385 g/mol. The lowest BCUT2D eigenvalue weighted by atomic mass is 10.1. The summed E-state index contributed by atoms with van der Waals surface area (Å²) >= 11 is 0. The van der Waals surface area contributed by atoms with Crippen molar-refractivity contribution in [3.8, 4) is 5.75 Å². The van der Waals surface area contributed by atoms with Crippen molar-refractivity contribution in [3.05, 3.63) is 59.4 Å². The molecular formula is C22H28FN3O2. The molecule has 0 unspecified atom stereocenters. The standard InChI is InChI=1S/C22H28FN3O2/c1-3-25-11-13-26(14-12-25)21-8-7-18(16-20(21)23)22(27)24-10-9-17-5-4-6-19(15-17)28-2/h4-8,15-16H,3,9-14H2,1-2H3,(H,24,27). The number of carbonyl (C=O) groups excluding carboxylic acids is 1. The number of hydrogen-bond donors (Lipinski definition) is 1. The van der Waals surface area contributed by atoms with Gasteiger partial charge in [0.1, 0.15) is 11.6 Å². The van der Waals surface area contributed by atoms with E-state index in [0.717, 1.165) is 44.0 Å². The zero-order chi connectivity index (χ0) is 19.9. The van der Waals surface area contributed by atoms with Crippen molar-refractivity contribution < 1.29 is 13.9 Å². The van der Waals surface area contributed by atoms with Gasteiger partial charge in [-0.2, -0.15) is 0 Å². The van der Waals surface area contributed by atoms with Crippen LogP contribution < -0.4 is 15.0 Å². The Labute approximate surface area is 166 Å². The number of nitrogens with zero attached hydrogens (tertiary/aromatic N) is 2. The molecule has 0 bridgehead atoms. The second-order valence-corrected chi connectivity index (χ2v) is 6.94. The Balaban J connectivity index is 1.55. The SMILES string of the molecule is CCN1CCN(c2ccc(C(=O)NCCc3cccc(OC)c3)cc2F)CC1. The maximum atomic E-state index is 14.6. The molecule has 1 amide bonds. The molecular weight excluding hydrogens is 357 g/mol. The molecule has 0 atom stereocenters. The Morgan fingerprint density at radius 3 is 2.61 bits per heavy atom. The van der Waals surface area contributed by atoms with Crippen LogP contribution in [0.25, 0.3) is 0 Å². The van der Waals surface area contributed by atoms with E-state index in [1.807, 2.05) is 29.2 Å². The topological polar surface area (TPSA) is 44.8 Å². The van der Waals surface area contributed by atoms with Crippen LogP contribution in [0.15, 0.2) is 42.5 Å². The highest BCUT2D eigenvalue weighted by Crippen LogP contribution is 2.22. The second-order valence-electron chi connectivity index (χ2n) is 6.94. The summed E-state index contributed by atoms with van der Waals surface area (Å²) in [5.41, 5.74) is 2.00. The number of nitrogens with one attached hydrogen (secondary N) is 1. The van der Waals surface area contributed by atoms with Crippen molar-refractivity contribution in [1.29, 1.82) is 0 Å². The highest BCUT2D eigenvalue weighted by molar-refractivity contribution is 5.94. The predicted octanol–water partition coefficient (Wildman–Crippen LogP) is 2.95. The third-order valence-corrected chi connectivity index (χ3v) is 5.20. The number of benzene rings is 2. The summed E-state index contributed by atoms with van der Waals surface area (Å²) in [6.07, 6.45) is 0.686. The van der Waals surface area contributed by atoms with Gasteiger partial charge in [0.25, 0.3) is 5.91 Å².